The highest BCUT2D eigenvalue weighted by Crippen LogP contribution is 2.44. The Morgan fingerprint density at radius 1 is 1.00 bits per heavy atom. The molecule has 3 unspecified atom stereocenters. The maximum absolute atomic E-state index is 12.4. The van der Waals surface area contributed by atoms with E-state index in [2.05, 4.69) is 22.8 Å². The molecule has 0 heterocycles. The van der Waals surface area contributed by atoms with Gasteiger partial charge in [0.2, 0.25) is 5.91 Å². The summed E-state index contributed by atoms with van der Waals surface area (Å²) >= 11 is 0. The van der Waals surface area contributed by atoms with Crippen molar-refractivity contribution in [2.45, 2.75) is 38.3 Å². The summed E-state index contributed by atoms with van der Waals surface area (Å²) in [6.45, 7) is 3.55. The molecule has 2 aromatic rings. The fourth-order valence-electron chi connectivity index (χ4n) is 3.79. The van der Waals surface area contributed by atoms with Crippen molar-refractivity contribution in [2.75, 3.05) is 13.2 Å². The van der Waals surface area contributed by atoms with Crippen LogP contribution in [0.2, 0.25) is 0 Å². The van der Waals surface area contributed by atoms with Crippen molar-refractivity contribution in [3.8, 4) is 11.1 Å². The summed E-state index contributed by atoms with van der Waals surface area (Å²) in [5.74, 6) is -2.31. The number of carboxylic acids is 1. The van der Waals surface area contributed by atoms with Crippen LogP contribution in [0, 0.1) is 5.92 Å². The second kappa shape index (κ2) is 10.3. The summed E-state index contributed by atoms with van der Waals surface area (Å²) in [6.07, 6.45) is -2.23. The molecule has 1 aliphatic rings. The Labute approximate surface area is 186 Å². The van der Waals surface area contributed by atoms with Gasteiger partial charge in [-0.3, -0.25) is 4.79 Å². The van der Waals surface area contributed by atoms with Crippen LogP contribution < -0.4 is 10.6 Å². The number of carboxylic acid groups (broad SMARTS) is 1. The van der Waals surface area contributed by atoms with Crippen LogP contribution in [0.1, 0.15) is 37.3 Å². The third kappa shape index (κ3) is 5.26. The summed E-state index contributed by atoms with van der Waals surface area (Å²) in [6, 6.07) is 15.6. The lowest BCUT2D eigenvalue weighted by molar-refractivity contribution is -0.147. The third-order valence-electron chi connectivity index (χ3n) is 5.85. The van der Waals surface area contributed by atoms with Gasteiger partial charge in [0.15, 0.2) is 6.10 Å². The van der Waals surface area contributed by atoms with Gasteiger partial charge in [-0.2, -0.15) is 0 Å². The van der Waals surface area contributed by atoms with Crippen LogP contribution in [-0.2, 0) is 14.3 Å². The van der Waals surface area contributed by atoms with Crippen LogP contribution in [0.4, 0.5) is 4.79 Å². The monoisotopic (exact) mass is 440 g/mol. The summed E-state index contributed by atoms with van der Waals surface area (Å²) in [7, 11) is 0. The zero-order valence-corrected chi connectivity index (χ0v) is 18.1. The van der Waals surface area contributed by atoms with Crippen molar-refractivity contribution in [2.24, 2.45) is 5.92 Å². The van der Waals surface area contributed by atoms with E-state index in [1.807, 2.05) is 36.4 Å². The van der Waals surface area contributed by atoms with Gasteiger partial charge >= 0.3 is 12.1 Å². The fraction of sp³-hybridized carbons (Fsp3) is 0.375. The number of nitrogens with one attached hydrogen (secondary N) is 2. The molecule has 3 atom stereocenters. The first-order chi connectivity index (χ1) is 15.3. The topological polar surface area (TPSA) is 125 Å². The predicted octanol–water partition coefficient (Wildman–Crippen LogP) is 2.50. The Kier molecular flexibility index (Phi) is 7.48. The minimum Gasteiger partial charge on any atom is -0.479 e. The van der Waals surface area contributed by atoms with Gasteiger partial charge in [0.25, 0.3) is 0 Å². The molecule has 170 valence electrons. The number of hydrogen-bond acceptors (Lipinski definition) is 5. The number of aliphatic hydroxyl groups is 1. The maximum Gasteiger partial charge on any atom is 0.407 e. The molecule has 0 radical (unpaired) electrons. The van der Waals surface area contributed by atoms with Gasteiger partial charge in [-0.15, -0.1) is 0 Å². The number of rotatable bonds is 9. The predicted molar refractivity (Wildman–Crippen MR) is 118 cm³/mol. The van der Waals surface area contributed by atoms with Gasteiger partial charge in [0, 0.05) is 24.9 Å². The first-order valence-electron chi connectivity index (χ1n) is 10.6. The number of amides is 2. The molecule has 3 rings (SSSR count). The van der Waals surface area contributed by atoms with E-state index in [4.69, 9.17) is 9.84 Å². The van der Waals surface area contributed by atoms with Crippen LogP contribution in [0.25, 0.3) is 11.1 Å². The van der Waals surface area contributed by atoms with Crippen LogP contribution in [0.3, 0.4) is 0 Å². The van der Waals surface area contributed by atoms with E-state index in [-0.39, 0.29) is 31.4 Å². The Morgan fingerprint density at radius 2 is 1.56 bits per heavy atom. The van der Waals surface area contributed by atoms with Gasteiger partial charge < -0.3 is 25.6 Å². The average Bonchev–Trinajstić information content (AvgIpc) is 3.10. The lowest BCUT2D eigenvalue weighted by Gasteiger charge is -2.21. The molecule has 0 saturated carbocycles. The molecule has 0 bridgehead atoms. The van der Waals surface area contributed by atoms with Gasteiger partial charge in [0.1, 0.15) is 6.61 Å². The van der Waals surface area contributed by atoms with E-state index in [9.17, 15) is 19.5 Å². The Morgan fingerprint density at radius 3 is 2.12 bits per heavy atom. The average molecular weight is 440 g/mol. The molecular formula is C24H28N2O6. The van der Waals surface area contributed by atoms with Gasteiger partial charge in [-0.1, -0.05) is 55.5 Å². The van der Waals surface area contributed by atoms with Gasteiger partial charge in [-0.05, 0) is 29.2 Å². The zero-order chi connectivity index (χ0) is 23.3. The van der Waals surface area contributed by atoms with Crippen molar-refractivity contribution in [3.63, 3.8) is 0 Å². The summed E-state index contributed by atoms with van der Waals surface area (Å²) in [5.41, 5.74) is 4.52. The number of benzene rings is 2. The molecule has 0 aromatic heterocycles. The summed E-state index contributed by atoms with van der Waals surface area (Å²) in [4.78, 5) is 35.2. The minimum atomic E-state index is -1.53. The maximum atomic E-state index is 12.4. The fourth-order valence-corrected chi connectivity index (χ4v) is 3.79. The molecule has 4 N–H and O–H groups in total. The molecular weight excluding hydrogens is 412 g/mol. The Hall–Kier alpha value is -3.39. The second-order valence-electron chi connectivity index (χ2n) is 7.98. The quantitative estimate of drug-likeness (QED) is 0.475. The molecule has 0 aliphatic heterocycles. The molecule has 0 spiro atoms. The first kappa shape index (κ1) is 23.3. The lowest BCUT2D eigenvalue weighted by Crippen LogP contribution is -2.45. The van der Waals surface area contributed by atoms with Crippen molar-refractivity contribution in [3.05, 3.63) is 59.7 Å². The second-order valence-corrected chi connectivity index (χ2v) is 7.98. The highest BCUT2D eigenvalue weighted by Gasteiger charge is 2.29. The smallest absolute Gasteiger partial charge is 0.407 e. The highest BCUT2D eigenvalue weighted by atomic mass is 16.5. The van der Waals surface area contributed by atoms with Crippen molar-refractivity contribution in [1.29, 1.82) is 0 Å². The van der Waals surface area contributed by atoms with Crippen LogP contribution in [-0.4, -0.2) is 53.5 Å². The molecule has 8 nitrogen and oxygen atoms in total. The molecule has 1 aliphatic carbocycles. The van der Waals surface area contributed by atoms with E-state index in [1.54, 1.807) is 13.8 Å². The van der Waals surface area contributed by atoms with E-state index < -0.39 is 30.1 Å². The Balaban J connectivity index is 1.50. The number of alkyl carbamates (subject to hydrolysis) is 1. The lowest BCUT2D eigenvalue weighted by atomic mass is 9.98. The summed E-state index contributed by atoms with van der Waals surface area (Å²) in [5, 5.41) is 23.2. The van der Waals surface area contributed by atoms with E-state index in [0.717, 1.165) is 22.3 Å². The molecule has 32 heavy (non-hydrogen) atoms. The van der Waals surface area contributed by atoms with Crippen LogP contribution in [0.15, 0.2) is 48.5 Å². The third-order valence-corrected chi connectivity index (χ3v) is 5.85. The molecule has 2 aromatic carbocycles. The number of hydrogen-bond donors (Lipinski definition) is 4. The summed E-state index contributed by atoms with van der Waals surface area (Å²) < 4.78 is 5.50. The molecule has 8 heteroatoms. The largest absolute Gasteiger partial charge is 0.479 e. The standard InChI is InChI=1S/C24H28N2O6/c1-14(22(28)25-12-11-21(27)23(29)30)15(2)26-24(31)32-13-20-18-9-5-3-7-16(18)17-8-4-6-10-19(17)20/h3-10,14-15,20-21,27H,11-13H2,1-2H3,(H,25,28)(H,26,31)(H,29,30). The molecule has 0 saturated heterocycles. The molecule has 0 fully saturated rings. The van der Waals surface area contributed by atoms with Crippen molar-refractivity contribution in [1.82, 2.24) is 10.6 Å². The number of aliphatic carboxylic acids is 1. The Bertz CT molecular complexity index is 946. The number of carbonyl (C=O) groups excluding carboxylic acids is 2. The van der Waals surface area contributed by atoms with Crippen molar-refractivity contribution < 1.29 is 29.3 Å². The number of fused-ring (bicyclic) bond motifs is 3. The molecule has 2 amide bonds. The number of carbonyl (C=O) groups is 3. The van der Waals surface area contributed by atoms with E-state index in [1.165, 1.54) is 0 Å². The van der Waals surface area contributed by atoms with Crippen molar-refractivity contribution >= 4 is 18.0 Å². The first-order valence-corrected chi connectivity index (χ1v) is 10.6. The number of ether oxygens (including phenoxy) is 1. The SMILES string of the molecule is CC(NC(=O)OCC1c2ccccc2-c2ccccc21)C(C)C(=O)NCCC(O)C(=O)O. The van der Waals surface area contributed by atoms with Gasteiger partial charge in [-0.25, -0.2) is 9.59 Å². The highest BCUT2D eigenvalue weighted by molar-refractivity contribution is 5.80. The van der Waals surface area contributed by atoms with E-state index >= 15 is 0 Å². The van der Waals surface area contributed by atoms with Gasteiger partial charge in [0.05, 0.1) is 5.92 Å². The van der Waals surface area contributed by atoms with E-state index in [0.29, 0.717) is 0 Å². The normalized spacial score (nSPS) is 15.1. The van der Waals surface area contributed by atoms with Crippen LogP contribution in [0.5, 0.6) is 0 Å². The number of aliphatic hydroxyl groups excluding tert-OH is 1. The zero-order valence-electron chi connectivity index (χ0n) is 18.1. The minimum absolute atomic E-state index is 0.0221. The van der Waals surface area contributed by atoms with Crippen LogP contribution >= 0.6 is 0 Å².